The lowest BCUT2D eigenvalue weighted by atomic mass is 10.1. The van der Waals surface area contributed by atoms with Crippen molar-refractivity contribution in [1.82, 2.24) is 4.98 Å². The number of nitro groups is 1. The predicted molar refractivity (Wildman–Crippen MR) is 100 cm³/mol. The zero-order chi connectivity index (χ0) is 21.0. The Balaban J connectivity index is 1.81. The van der Waals surface area contributed by atoms with E-state index in [9.17, 15) is 28.1 Å². The van der Waals surface area contributed by atoms with Gasteiger partial charge in [0.25, 0.3) is 11.6 Å². The van der Waals surface area contributed by atoms with E-state index < -0.39 is 22.6 Å². The molecule has 2 aromatic carbocycles. The normalized spacial score (nSPS) is 11.0. The molecule has 0 saturated heterocycles. The molecule has 3 aromatic rings. The lowest BCUT2D eigenvalue weighted by Crippen LogP contribution is -2.14. The first-order chi connectivity index (χ1) is 13.7. The van der Waals surface area contributed by atoms with E-state index >= 15 is 0 Å². The number of halogens is 3. The Morgan fingerprint density at radius 3 is 2.38 bits per heavy atom. The Kier molecular flexibility index (Phi) is 5.44. The minimum atomic E-state index is -4.50. The van der Waals surface area contributed by atoms with Crippen LogP contribution in [0.3, 0.4) is 0 Å². The van der Waals surface area contributed by atoms with Gasteiger partial charge >= 0.3 is 6.18 Å². The van der Waals surface area contributed by atoms with Gasteiger partial charge in [0.1, 0.15) is 5.82 Å². The number of nitrogens with one attached hydrogen (secondary N) is 2. The number of nitro benzene ring substituents is 1. The topological polar surface area (TPSA) is 97.2 Å². The smallest absolute Gasteiger partial charge is 0.340 e. The molecule has 148 valence electrons. The number of non-ortho nitro benzene ring substituents is 1. The summed E-state index contributed by atoms with van der Waals surface area (Å²) in [4.78, 5) is 26.7. The summed E-state index contributed by atoms with van der Waals surface area (Å²) in [5.41, 5.74) is -0.452. The number of anilines is 3. The quantitative estimate of drug-likeness (QED) is 0.462. The minimum Gasteiger partial charge on any atom is -0.340 e. The third kappa shape index (κ3) is 4.86. The number of rotatable bonds is 5. The van der Waals surface area contributed by atoms with Crippen LogP contribution in [0.25, 0.3) is 0 Å². The first-order valence-electron chi connectivity index (χ1n) is 8.19. The van der Waals surface area contributed by atoms with Gasteiger partial charge in [-0.3, -0.25) is 14.9 Å². The van der Waals surface area contributed by atoms with Gasteiger partial charge in [0, 0.05) is 29.7 Å². The second kappa shape index (κ2) is 7.97. The number of pyridine rings is 1. The third-order valence-electron chi connectivity index (χ3n) is 3.84. The molecular formula is C19H13F3N4O3. The molecule has 0 bridgehead atoms. The Labute approximate surface area is 162 Å². The summed E-state index contributed by atoms with van der Waals surface area (Å²) < 4.78 is 38.7. The van der Waals surface area contributed by atoms with Crippen LogP contribution in [0.15, 0.2) is 66.9 Å². The van der Waals surface area contributed by atoms with Crippen molar-refractivity contribution in [2.45, 2.75) is 6.18 Å². The van der Waals surface area contributed by atoms with Gasteiger partial charge in [-0.15, -0.1) is 0 Å². The number of alkyl halides is 3. The largest absolute Gasteiger partial charge is 0.416 e. The number of nitrogens with zero attached hydrogens (tertiary/aromatic N) is 2. The second-order valence-corrected chi connectivity index (χ2v) is 5.86. The highest BCUT2D eigenvalue weighted by molar-refractivity contribution is 6.07. The van der Waals surface area contributed by atoms with Crippen molar-refractivity contribution in [3.63, 3.8) is 0 Å². The van der Waals surface area contributed by atoms with Gasteiger partial charge < -0.3 is 10.6 Å². The van der Waals surface area contributed by atoms with Crippen LogP contribution in [0.4, 0.5) is 36.1 Å². The van der Waals surface area contributed by atoms with E-state index in [1.165, 1.54) is 54.7 Å². The van der Waals surface area contributed by atoms with Crippen LogP contribution >= 0.6 is 0 Å². The molecule has 0 atom stereocenters. The molecule has 0 fully saturated rings. The highest BCUT2D eigenvalue weighted by Gasteiger charge is 2.30. The van der Waals surface area contributed by atoms with Gasteiger partial charge in [-0.05, 0) is 42.5 Å². The monoisotopic (exact) mass is 402 g/mol. The molecule has 1 heterocycles. The average molecular weight is 402 g/mol. The highest BCUT2D eigenvalue weighted by atomic mass is 19.4. The molecule has 0 aliphatic rings. The second-order valence-electron chi connectivity index (χ2n) is 5.86. The zero-order valence-corrected chi connectivity index (χ0v) is 14.6. The molecule has 1 amide bonds. The van der Waals surface area contributed by atoms with Gasteiger partial charge in [0.05, 0.1) is 16.1 Å². The number of hydrogen-bond donors (Lipinski definition) is 2. The fourth-order valence-corrected chi connectivity index (χ4v) is 2.46. The van der Waals surface area contributed by atoms with Crippen LogP contribution < -0.4 is 10.6 Å². The number of carbonyl (C=O) groups is 1. The van der Waals surface area contributed by atoms with Crippen LogP contribution in [0.2, 0.25) is 0 Å². The van der Waals surface area contributed by atoms with Crippen molar-refractivity contribution in [2.24, 2.45) is 0 Å². The summed E-state index contributed by atoms with van der Waals surface area (Å²) in [5.74, 6) is -0.521. The molecule has 0 aliphatic carbocycles. The lowest BCUT2D eigenvalue weighted by Gasteiger charge is -2.13. The van der Waals surface area contributed by atoms with E-state index in [-0.39, 0.29) is 22.8 Å². The maximum atomic E-state index is 12.9. The fraction of sp³-hybridized carbons (Fsp3) is 0.0526. The molecule has 29 heavy (non-hydrogen) atoms. The first kappa shape index (κ1) is 19.8. The molecule has 0 unspecified atom stereocenters. The van der Waals surface area contributed by atoms with Crippen LogP contribution in [-0.4, -0.2) is 15.8 Å². The molecule has 0 radical (unpaired) electrons. The Morgan fingerprint density at radius 2 is 1.72 bits per heavy atom. The summed E-state index contributed by atoms with van der Waals surface area (Å²) in [6.45, 7) is 0. The standard InChI is InChI=1S/C19H13F3N4O3/c20-19(21,22)12-3-1-4-14(11-12)24-17-16(5-2-10-23-17)18(27)25-13-6-8-15(9-7-13)26(28)29/h1-11H,(H,23,24)(H,25,27). The number of amides is 1. The minimum absolute atomic E-state index is 0.0613. The van der Waals surface area contributed by atoms with Crippen molar-refractivity contribution >= 4 is 28.8 Å². The van der Waals surface area contributed by atoms with E-state index in [2.05, 4.69) is 15.6 Å². The van der Waals surface area contributed by atoms with Crippen molar-refractivity contribution in [2.75, 3.05) is 10.6 Å². The maximum absolute atomic E-state index is 12.9. The first-order valence-corrected chi connectivity index (χ1v) is 8.19. The van der Waals surface area contributed by atoms with E-state index in [1.807, 2.05) is 0 Å². The number of carbonyl (C=O) groups excluding carboxylic acids is 1. The van der Waals surface area contributed by atoms with Crippen molar-refractivity contribution < 1.29 is 22.9 Å². The molecule has 1 aromatic heterocycles. The highest BCUT2D eigenvalue weighted by Crippen LogP contribution is 2.31. The maximum Gasteiger partial charge on any atom is 0.416 e. The zero-order valence-electron chi connectivity index (χ0n) is 14.6. The molecule has 7 nitrogen and oxygen atoms in total. The SMILES string of the molecule is O=C(Nc1ccc([N+](=O)[O-])cc1)c1cccnc1Nc1cccc(C(F)(F)F)c1. The van der Waals surface area contributed by atoms with E-state index in [1.54, 1.807) is 0 Å². The molecule has 0 aliphatic heterocycles. The molecule has 2 N–H and O–H groups in total. The summed E-state index contributed by atoms with van der Waals surface area (Å²) in [6, 6.07) is 12.7. The average Bonchev–Trinajstić information content (AvgIpc) is 2.68. The van der Waals surface area contributed by atoms with E-state index in [0.717, 1.165) is 12.1 Å². The molecule has 0 saturated carbocycles. The van der Waals surface area contributed by atoms with Crippen LogP contribution in [0.5, 0.6) is 0 Å². The van der Waals surface area contributed by atoms with Gasteiger partial charge in [0.2, 0.25) is 0 Å². The van der Waals surface area contributed by atoms with Crippen molar-refractivity contribution in [3.05, 3.63) is 88.1 Å². The summed E-state index contributed by atoms with van der Waals surface area (Å²) in [6.07, 6.45) is -3.11. The Hall–Kier alpha value is -3.95. The van der Waals surface area contributed by atoms with E-state index in [0.29, 0.717) is 5.69 Å². The predicted octanol–water partition coefficient (Wildman–Crippen LogP) is 5.00. The molecular weight excluding hydrogens is 389 g/mol. The molecule has 10 heteroatoms. The van der Waals surface area contributed by atoms with Gasteiger partial charge in [-0.1, -0.05) is 6.07 Å². The van der Waals surface area contributed by atoms with Crippen LogP contribution in [-0.2, 0) is 6.18 Å². The number of hydrogen-bond acceptors (Lipinski definition) is 5. The van der Waals surface area contributed by atoms with Crippen molar-refractivity contribution in [3.8, 4) is 0 Å². The molecule has 3 rings (SSSR count). The number of benzene rings is 2. The lowest BCUT2D eigenvalue weighted by molar-refractivity contribution is -0.384. The van der Waals surface area contributed by atoms with Crippen molar-refractivity contribution in [1.29, 1.82) is 0 Å². The summed E-state index contributed by atoms with van der Waals surface area (Å²) >= 11 is 0. The Morgan fingerprint density at radius 1 is 1.00 bits per heavy atom. The van der Waals surface area contributed by atoms with Gasteiger partial charge in [-0.2, -0.15) is 13.2 Å². The molecule has 0 spiro atoms. The van der Waals surface area contributed by atoms with Gasteiger partial charge in [0.15, 0.2) is 0 Å². The third-order valence-corrected chi connectivity index (χ3v) is 3.84. The van der Waals surface area contributed by atoms with Crippen LogP contribution in [0, 0.1) is 10.1 Å². The fourth-order valence-electron chi connectivity index (χ4n) is 2.46. The van der Waals surface area contributed by atoms with E-state index in [4.69, 9.17) is 0 Å². The number of aromatic nitrogens is 1. The summed E-state index contributed by atoms with van der Waals surface area (Å²) in [7, 11) is 0. The van der Waals surface area contributed by atoms with Crippen LogP contribution in [0.1, 0.15) is 15.9 Å². The van der Waals surface area contributed by atoms with Gasteiger partial charge in [-0.25, -0.2) is 4.98 Å². The summed E-state index contributed by atoms with van der Waals surface area (Å²) in [5, 5.41) is 16.0. The Bertz CT molecular complexity index is 1050.